The van der Waals surface area contributed by atoms with Crippen molar-refractivity contribution in [2.24, 2.45) is 5.41 Å². The molecule has 0 aromatic heterocycles. The molecule has 1 saturated heterocycles. The van der Waals surface area contributed by atoms with Gasteiger partial charge in [-0.05, 0) is 63.6 Å². The van der Waals surface area contributed by atoms with Crippen LogP contribution in [0, 0.1) is 5.41 Å². The van der Waals surface area contributed by atoms with E-state index < -0.39 is 17.3 Å². The molecule has 6 heteroatoms. The van der Waals surface area contributed by atoms with Crippen LogP contribution in [0.5, 0.6) is 0 Å². The van der Waals surface area contributed by atoms with Gasteiger partial charge in [0.15, 0.2) is 0 Å². The van der Waals surface area contributed by atoms with Gasteiger partial charge in [0.2, 0.25) is 0 Å². The predicted molar refractivity (Wildman–Crippen MR) is 88.3 cm³/mol. The molecule has 25 heavy (non-hydrogen) atoms. The first-order chi connectivity index (χ1) is 11.5. The zero-order valence-corrected chi connectivity index (χ0v) is 14.8. The van der Waals surface area contributed by atoms with Crippen LogP contribution in [0.25, 0.3) is 0 Å². The number of carbonyl (C=O) groups is 1. The Bertz CT molecular complexity index is 640. The van der Waals surface area contributed by atoms with Gasteiger partial charge in [-0.25, -0.2) is 4.79 Å². The van der Waals surface area contributed by atoms with E-state index in [1.165, 1.54) is 0 Å². The molecular weight excluding hydrogens is 331 g/mol. The molecule has 1 saturated carbocycles. The molecule has 1 heterocycles. The highest BCUT2D eigenvalue weighted by Gasteiger charge is 2.50. The summed E-state index contributed by atoms with van der Waals surface area (Å²) in [7, 11) is 0. The fourth-order valence-electron chi connectivity index (χ4n) is 3.94. The molecule has 2 fully saturated rings. The Morgan fingerprint density at radius 1 is 1.16 bits per heavy atom. The van der Waals surface area contributed by atoms with Gasteiger partial charge in [0.25, 0.3) is 0 Å². The van der Waals surface area contributed by atoms with Crippen molar-refractivity contribution in [2.45, 2.75) is 57.7 Å². The van der Waals surface area contributed by atoms with E-state index in [2.05, 4.69) is 0 Å². The number of halogens is 3. The summed E-state index contributed by atoms with van der Waals surface area (Å²) in [6, 6.07) is 5.51. The quantitative estimate of drug-likeness (QED) is 0.692. The molecule has 1 amide bonds. The number of amides is 1. The molecule has 0 bridgehead atoms. The number of hydrogen-bond donors (Lipinski definition) is 0. The summed E-state index contributed by atoms with van der Waals surface area (Å²) in [4.78, 5) is 13.8. The average molecular weight is 355 g/mol. The fourth-order valence-corrected chi connectivity index (χ4v) is 3.94. The van der Waals surface area contributed by atoms with Gasteiger partial charge in [-0.15, -0.1) is 0 Å². The van der Waals surface area contributed by atoms with Gasteiger partial charge in [-0.1, -0.05) is 12.1 Å². The second-order valence-corrected chi connectivity index (χ2v) is 8.40. The topological polar surface area (TPSA) is 29.5 Å². The first-order valence-electron chi connectivity index (χ1n) is 8.63. The average Bonchev–Trinajstić information content (AvgIpc) is 2.88. The summed E-state index contributed by atoms with van der Waals surface area (Å²) in [5.74, 6) is 0.267. The highest BCUT2D eigenvalue weighted by atomic mass is 19.4. The van der Waals surface area contributed by atoms with Gasteiger partial charge < -0.3 is 9.64 Å². The van der Waals surface area contributed by atoms with E-state index in [0.717, 1.165) is 37.0 Å². The van der Waals surface area contributed by atoms with Crippen molar-refractivity contribution in [3.8, 4) is 0 Å². The maximum atomic E-state index is 12.7. The molecule has 0 radical (unpaired) electrons. The van der Waals surface area contributed by atoms with Crippen molar-refractivity contribution in [1.82, 2.24) is 4.90 Å². The fraction of sp³-hybridized carbons (Fsp3) is 0.632. The lowest BCUT2D eigenvalue weighted by atomic mass is 9.77. The Morgan fingerprint density at radius 2 is 1.76 bits per heavy atom. The smallest absolute Gasteiger partial charge is 0.416 e. The van der Waals surface area contributed by atoms with E-state index in [9.17, 15) is 18.0 Å². The first kappa shape index (κ1) is 18.1. The summed E-state index contributed by atoms with van der Waals surface area (Å²) in [6.45, 7) is 6.89. The van der Waals surface area contributed by atoms with Crippen LogP contribution >= 0.6 is 0 Å². The van der Waals surface area contributed by atoms with E-state index in [1.807, 2.05) is 20.8 Å². The highest BCUT2D eigenvalue weighted by molar-refractivity contribution is 5.69. The molecule has 1 aromatic rings. The normalized spacial score (nSPS) is 22.8. The molecule has 1 aromatic carbocycles. The van der Waals surface area contributed by atoms with E-state index in [1.54, 1.807) is 17.0 Å². The summed E-state index contributed by atoms with van der Waals surface area (Å²) < 4.78 is 43.4. The molecule has 138 valence electrons. The minimum Gasteiger partial charge on any atom is -0.444 e. The second kappa shape index (κ2) is 5.92. The third-order valence-corrected chi connectivity index (χ3v) is 5.12. The van der Waals surface area contributed by atoms with Crippen molar-refractivity contribution in [1.29, 1.82) is 0 Å². The van der Waals surface area contributed by atoms with E-state index in [4.69, 9.17) is 4.74 Å². The van der Waals surface area contributed by atoms with Crippen LogP contribution in [-0.4, -0.2) is 29.7 Å². The predicted octanol–water partition coefficient (Wildman–Crippen LogP) is 5.21. The summed E-state index contributed by atoms with van der Waals surface area (Å²) in [5.41, 5.74) is -0.0490. The van der Waals surface area contributed by atoms with Gasteiger partial charge in [0.05, 0.1) is 5.56 Å². The summed E-state index contributed by atoms with van der Waals surface area (Å²) >= 11 is 0. The number of rotatable bonds is 1. The summed E-state index contributed by atoms with van der Waals surface area (Å²) in [5, 5.41) is 0. The Labute approximate surface area is 146 Å². The number of carbonyl (C=O) groups excluding carboxylic acids is 1. The lowest BCUT2D eigenvalue weighted by molar-refractivity contribution is -0.137. The van der Waals surface area contributed by atoms with Gasteiger partial charge in [-0.3, -0.25) is 0 Å². The molecule has 2 aliphatic rings. The second-order valence-electron chi connectivity index (χ2n) is 8.40. The van der Waals surface area contributed by atoms with E-state index in [-0.39, 0.29) is 17.4 Å². The van der Waals surface area contributed by atoms with Crippen LogP contribution < -0.4 is 0 Å². The largest absolute Gasteiger partial charge is 0.444 e. The van der Waals surface area contributed by atoms with Crippen molar-refractivity contribution < 1.29 is 22.7 Å². The zero-order valence-electron chi connectivity index (χ0n) is 14.8. The molecule has 1 atom stereocenters. The number of likely N-dealkylation sites (tertiary alicyclic amines) is 1. The number of ether oxygens (including phenoxy) is 1. The lowest BCUT2D eigenvalue weighted by Gasteiger charge is -2.48. The monoisotopic (exact) mass is 355 g/mol. The number of benzene rings is 1. The maximum Gasteiger partial charge on any atom is 0.416 e. The van der Waals surface area contributed by atoms with Gasteiger partial charge in [-0.2, -0.15) is 13.2 Å². The Hall–Kier alpha value is -1.72. The number of nitrogens with zero attached hydrogens (tertiary/aromatic N) is 1. The molecule has 1 aliphatic heterocycles. The minimum atomic E-state index is -4.29. The summed E-state index contributed by atoms with van der Waals surface area (Å²) in [6.07, 6.45) is -1.71. The first-order valence-corrected chi connectivity index (χ1v) is 8.63. The molecule has 3 nitrogen and oxygen atoms in total. The van der Waals surface area contributed by atoms with Crippen molar-refractivity contribution in [2.75, 3.05) is 13.1 Å². The lowest BCUT2D eigenvalue weighted by Crippen LogP contribution is -2.58. The Balaban J connectivity index is 1.57. The third-order valence-electron chi connectivity index (χ3n) is 5.12. The van der Waals surface area contributed by atoms with Gasteiger partial charge in [0.1, 0.15) is 5.60 Å². The van der Waals surface area contributed by atoms with E-state index >= 15 is 0 Å². The standard InChI is InChI=1S/C19H24F3NO2/c1-17(2,3)25-16(24)23-11-18(12-23)9-8-14(10-18)13-4-6-15(7-5-13)19(20,21)22/h4-7,14H,8-12H2,1-3H3/t14-/m1/s1. The van der Waals surface area contributed by atoms with Crippen LogP contribution in [0.4, 0.5) is 18.0 Å². The third kappa shape index (κ3) is 3.93. The molecule has 0 N–H and O–H groups in total. The van der Waals surface area contributed by atoms with Gasteiger partial charge in [0, 0.05) is 18.5 Å². The molecular formula is C19H24F3NO2. The number of alkyl halides is 3. The number of hydrogen-bond acceptors (Lipinski definition) is 2. The van der Waals surface area contributed by atoms with Crippen molar-refractivity contribution >= 4 is 6.09 Å². The Morgan fingerprint density at radius 3 is 2.28 bits per heavy atom. The van der Waals surface area contributed by atoms with Crippen molar-refractivity contribution in [3.05, 3.63) is 35.4 Å². The molecule has 1 aliphatic carbocycles. The SMILES string of the molecule is CC(C)(C)OC(=O)N1CC2(CC[C@@H](c3ccc(C(F)(F)F)cc3)C2)C1. The zero-order chi connectivity index (χ0) is 18.5. The maximum absolute atomic E-state index is 12.7. The highest BCUT2D eigenvalue weighted by Crippen LogP contribution is 2.52. The minimum absolute atomic E-state index is 0.101. The van der Waals surface area contributed by atoms with Crippen LogP contribution in [0.2, 0.25) is 0 Å². The van der Waals surface area contributed by atoms with Crippen LogP contribution in [0.3, 0.4) is 0 Å². The van der Waals surface area contributed by atoms with E-state index in [0.29, 0.717) is 13.1 Å². The van der Waals surface area contributed by atoms with Crippen LogP contribution in [-0.2, 0) is 10.9 Å². The van der Waals surface area contributed by atoms with Crippen molar-refractivity contribution in [3.63, 3.8) is 0 Å². The Kier molecular flexibility index (Phi) is 4.28. The molecule has 3 rings (SSSR count). The van der Waals surface area contributed by atoms with Crippen LogP contribution in [0.15, 0.2) is 24.3 Å². The molecule has 1 spiro atoms. The van der Waals surface area contributed by atoms with Gasteiger partial charge >= 0.3 is 12.3 Å². The molecule has 0 unspecified atom stereocenters. The van der Waals surface area contributed by atoms with Crippen LogP contribution in [0.1, 0.15) is 57.1 Å².